The fraction of sp³-hybridized carbons (Fsp3) is 0.235. The molecule has 110 valence electrons. The van der Waals surface area contributed by atoms with Gasteiger partial charge in [0.05, 0.1) is 5.69 Å². The Morgan fingerprint density at radius 2 is 2.18 bits per heavy atom. The van der Waals surface area contributed by atoms with Crippen molar-refractivity contribution in [1.82, 2.24) is 15.0 Å². The molecule has 1 atom stereocenters. The van der Waals surface area contributed by atoms with Crippen LogP contribution < -0.4 is 0 Å². The molecular formula is C17H14ClN3O. The van der Waals surface area contributed by atoms with Gasteiger partial charge in [0, 0.05) is 24.1 Å². The fourth-order valence-electron chi connectivity index (χ4n) is 2.95. The van der Waals surface area contributed by atoms with E-state index >= 15 is 0 Å². The zero-order chi connectivity index (χ0) is 14.9. The van der Waals surface area contributed by atoms with E-state index in [-0.39, 0.29) is 0 Å². The number of benzene rings is 1. The highest BCUT2D eigenvalue weighted by molar-refractivity contribution is 6.30. The molecule has 1 aliphatic rings. The van der Waals surface area contributed by atoms with Crippen molar-refractivity contribution in [2.24, 2.45) is 0 Å². The van der Waals surface area contributed by atoms with E-state index in [0.717, 1.165) is 41.4 Å². The summed E-state index contributed by atoms with van der Waals surface area (Å²) in [7, 11) is 0. The smallest absolute Gasteiger partial charge is 0.245 e. The summed E-state index contributed by atoms with van der Waals surface area (Å²) in [5.41, 5.74) is 3.03. The lowest BCUT2D eigenvalue weighted by molar-refractivity contribution is 0.464. The Bertz CT molecular complexity index is 801. The van der Waals surface area contributed by atoms with Gasteiger partial charge in [-0.2, -0.15) is 0 Å². The molecule has 4 rings (SSSR count). The number of rotatable bonds is 2. The van der Waals surface area contributed by atoms with Gasteiger partial charge in [-0.15, -0.1) is 0 Å². The monoisotopic (exact) mass is 311 g/mol. The van der Waals surface area contributed by atoms with Crippen molar-refractivity contribution >= 4 is 11.6 Å². The van der Waals surface area contributed by atoms with Gasteiger partial charge in [-0.25, -0.2) is 15.0 Å². The number of oxazole rings is 1. The zero-order valence-electron chi connectivity index (χ0n) is 11.9. The van der Waals surface area contributed by atoms with Crippen molar-refractivity contribution in [2.45, 2.75) is 25.2 Å². The Hall–Kier alpha value is -2.20. The van der Waals surface area contributed by atoms with Crippen LogP contribution in [0, 0.1) is 0 Å². The second-order valence-electron chi connectivity index (χ2n) is 5.48. The summed E-state index contributed by atoms with van der Waals surface area (Å²) in [6, 6.07) is 9.90. The predicted molar refractivity (Wildman–Crippen MR) is 83.7 cm³/mol. The second-order valence-corrected chi connectivity index (χ2v) is 5.91. The minimum absolute atomic E-state index is 0.439. The summed E-state index contributed by atoms with van der Waals surface area (Å²) in [6.07, 6.45) is 6.02. The van der Waals surface area contributed by atoms with Gasteiger partial charge in [0.15, 0.2) is 0 Å². The van der Waals surface area contributed by atoms with Crippen LogP contribution in [0.2, 0.25) is 5.02 Å². The van der Waals surface area contributed by atoms with Crippen molar-refractivity contribution < 1.29 is 4.42 Å². The molecule has 5 heteroatoms. The van der Waals surface area contributed by atoms with E-state index in [1.54, 1.807) is 6.20 Å². The van der Waals surface area contributed by atoms with Crippen LogP contribution in [-0.2, 0) is 12.8 Å². The number of aromatic nitrogens is 3. The molecule has 0 saturated heterocycles. The van der Waals surface area contributed by atoms with Crippen LogP contribution in [0.15, 0.2) is 47.3 Å². The van der Waals surface area contributed by atoms with Gasteiger partial charge >= 0.3 is 0 Å². The molecule has 0 amide bonds. The lowest BCUT2D eigenvalue weighted by Gasteiger charge is -2.20. The highest BCUT2D eigenvalue weighted by Gasteiger charge is 2.25. The maximum Gasteiger partial charge on any atom is 0.245 e. The van der Waals surface area contributed by atoms with E-state index in [1.165, 1.54) is 11.9 Å². The molecule has 1 aromatic carbocycles. The topological polar surface area (TPSA) is 51.8 Å². The van der Waals surface area contributed by atoms with Gasteiger partial charge in [0.25, 0.3) is 0 Å². The van der Waals surface area contributed by atoms with Gasteiger partial charge in [0.2, 0.25) is 5.89 Å². The van der Waals surface area contributed by atoms with Gasteiger partial charge in [-0.1, -0.05) is 23.7 Å². The molecule has 0 radical (unpaired) electrons. The second kappa shape index (κ2) is 5.54. The first kappa shape index (κ1) is 13.5. The Morgan fingerprint density at radius 3 is 3.00 bits per heavy atom. The van der Waals surface area contributed by atoms with E-state index in [1.807, 2.05) is 24.3 Å². The molecule has 0 spiro atoms. The van der Waals surface area contributed by atoms with Crippen LogP contribution in [0.3, 0.4) is 0 Å². The summed E-state index contributed by atoms with van der Waals surface area (Å²) in [5.74, 6) is 2.00. The first-order chi connectivity index (χ1) is 10.8. The van der Waals surface area contributed by atoms with E-state index in [9.17, 15) is 0 Å². The third-order valence-corrected chi connectivity index (χ3v) is 4.29. The first-order valence-corrected chi connectivity index (χ1v) is 7.68. The fourth-order valence-corrected chi connectivity index (χ4v) is 3.15. The lowest BCUT2D eigenvalue weighted by Crippen LogP contribution is -2.11. The Balaban J connectivity index is 1.63. The molecular weight excluding hydrogens is 298 g/mol. The minimum atomic E-state index is 0.439. The standard InChI is InChI=1S/C17H14ClN3O/c18-13-3-1-2-11(8-13)12-4-5-16-15(9-12)21-17(22-16)14-6-7-19-10-20-14/h1-3,6-8,10,12H,4-5,9H2. The van der Waals surface area contributed by atoms with Crippen molar-refractivity contribution in [3.63, 3.8) is 0 Å². The van der Waals surface area contributed by atoms with Gasteiger partial charge in [-0.05, 0) is 36.1 Å². The minimum Gasteiger partial charge on any atom is -0.440 e. The molecule has 0 fully saturated rings. The van der Waals surface area contributed by atoms with Gasteiger partial charge < -0.3 is 4.42 Å². The number of halogens is 1. The van der Waals surface area contributed by atoms with Crippen LogP contribution >= 0.6 is 11.6 Å². The summed E-state index contributed by atoms with van der Waals surface area (Å²) >= 11 is 6.10. The average Bonchev–Trinajstić information content (AvgIpc) is 2.99. The first-order valence-electron chi connectivity index (χ1n) is 7.30. The molecule has 3 aromatic rings. The number of nitrogens with zero attached hydrogens (tertiary/aromatic N) is 3. The molecule has 2 heterocycles. The van der Waals surface area contributed by atoms with Gasteiger partial charge in [0.1, 0.15) is 17.8 Å². The Labute approximate surface area is 133 Å². The number of hydrogen-bond donors (Lipinski definition) is 0. The van der Waals surface area contributed by atoms with Crippen LogP contribution in [0.25, 0.3) is 11.6 Å². The molecule has 2 aromatic heterocycles. The normalized spacial score (nSPS) is 17.2. The maximum absolute atomic E-state index is 6.10. The molecule has 0 aliphatic heterocycles. The number of hydrogen-bond acceptors (Lipinski definition) is 4. The predicted octanol–water partition coefficient (Wildman–Crippen LogP) is 4.06. The molecule has 0 bridgehead atoms. The third kappa shape index (κ3) is 2.50. The number of fused-ring (bicyclic) bond motifs is 1. The number of aryl methyl sites for hydroxylation is 1. The average molecular weight is 312 g/mol. The van der Waals surface area contributed by atoms with Crippen LogP contribution in [0.5, 0.6) is 0 Å². The Morgan fingerprint density at radius 1 is 1.23 bits per heavy atom. The highest BCUT2D eigenvalue weighted by Crippen LogP contribution is 2.35. The SMILES string of the molecule is Clc1cccc(C2CCc3oc(-c4ccncn4)nc3C2)c1. The summed E-state index contributed by atoms with van der Waals surface area (Å²) in [5, 5.41) is 0.783. The molecule has 4 nitrogen and oxygen atoms in total. The molecule has 22 heavy (non-hydrogen) atoms. The van der Waals surface area contributed by atoms with E-state index in [0.29, 0.717) is 11.8 Å². The van der Waals surface area contributed by atoms with Gasteiger partial charge in [-0.3, -0.25) is 0 Å². The van der Waals surface area contributed by atoms with Crippen molar-refractivity contribution in [3.8, 4) is 11.6 Å². The summed E-state index contributed by atoms with van der Waals surface area (Å²) < 4.78 is 5.87. The quantitative estimate of drug-likeness (QED) is 0.716. The van der Waals surface area contributed by atoms with Crippen LogP contribution in [0.1, 0.15) is 29.4 Å². The molecule has 0 saturated carbocycles. The third-order valence-electron chi connectivity index (χ3n) is 4.06. The van der Waals surface area contributed by atoms with Crippen LogP contribution in [0.4, 0.5) is 0 Å². The largest absolute Gasteiger partial charge is 0.440 e. The Kier molecular flexibility index (Phi) is 3.39. The molecule has 0 N–H and O–H groups in total. The van der Waals surface area contributed by atoms with E-state index in [2.05, 4.69) is 21.0 Å². The van der Waals surface area contributed by atoms with E-state index < -0.39 is 0 Å². The summed E-state index contributed by atoms with van der Waals surface area (Å²) in [4.78, 5) is 12.7. The summed E-state index contributed by atoms with van der Waals surface area (Å²) in [6.45, 7) is 0. The van der Waals surface area contributed by atoms with Crippen molar-refractivity contribution in [2.75, 3.05) is 0 Å². The van der Waals surface area contributed by atoms with E-state index in [4.69, 9.17) is 16.0 Å². The van der Waals surface area contributed by atoms with Crippen molar-refractivity contribution in [3.05, 3.63) is 64.9 Å². The van der Waals surface area contributed by atoms with Crippen LogP contribution in [-0.4, -0.2) is 15.0 Å². The lowest BCUT2D eigenvalue weighted by atomic mass is 9.85. The zero-order valence-corrected chi connectivity index (χ0v) is 12.6. The molecule has 1 aliphatic carbocycles. The molecule has 1 unspecified atom stereocenters. The maximum atomic E-state index is 6.10. The highest BCUT2D eigenvalue weighted by atomic mass is 35.5. The van der Waals surface area contributed by atoms with Crippen molar-refractivity contribution in [1.29, 1.82) is 0 Å².